The third-order valence-corrected chi connectivity index (χ3v) is 7.14. The Morgan fingerprint density at radius 3 is 2.43 bits per heavy atom. The number of nitrogens with one attached hydrogen (secondary N) is 3. The molecule has 1 heterocycles. The van der Waals surface area contributed by atoms with E-state index in [1.165, 1.54) is 13.0 Å². The van der Waals surface area contributed by atoms with E-state index in [-0.39, 0.29) is 37.0 Å². The third-order valence-electron chi connectivity index (χ3n) is 7.14. The zero-order valence-electron chi connectivity index (χ0n) is 25.8. The Hall–Kier alpha value is -3.61. The lowest BCUT2D eigenvalue weighted by Gasteiger charge is -2.33. The molecule has 0 aliphatic carbocycles. The number of rotatable bonds is 13. The molecule has 0 bridgehead atoms. The van der Waals surface area contributed by atoms with Crippen LogP contribution < -0.4 is 16.0 Å². The lowest BCUT2D eigenvalue weighted by Crippen LogP contribution is -2.53. The number of hydrogen-bond acceptors (Lipinski definition) is 7. The van der Waals surface area contributed by atoms with Crippen LogP contribution in [-0.4, -0.2) is 54.5 Å². The van der Waals surface area contributed by atoms with Gasteiger partial charge in [-0.15, -0.1) is 12.3 Å². The van der Waals surface area contributed by atoms with Crippen LogP contribution in [0.3, 0.4) is 0 Å². The van der Waals surface area contributed by atoms with E-state index in [1.807, 2.05) is 6.92 Å². The lowest BCUT2D eigenvalue weighted by atomic mass is 9.85. The first kappa shape index (κ1) is 36.4. The first-order valence-electron chi connectivity index (χ1n) is 15.0. The minimum Gasteiger partial charge on any atom is -0.466 e. The van der Waals surface area contributed by atoms with Crippen LogP contribution in [0.25, 0.3) is 0 Å². The van der Waals surface area contributed by atoms with Crippen molar-refractivity contribution in [3.05, 3.63) is 24.4 Å². The van der Waals surface area contributed by atoms with Crippen molar-refractivity contribution in [1.29, 1.82) is 0 Å². The van der Waals surface area contributed by atoms with E-state index in [4.69, 9.17) is 15.9 Å². The van der Waals surface area contributed by atoms with Gasteiger partial charge in [-0.1, -0.05) is 60.0 Å². The number of cyclic esters (lactones) is 1. The number of carbonyl (C=O) groups excluding carboxylic acids is 5. The van der Waals surface area contributed by atoms with Crippen molar-refractivity contribution in [1.82, 2.24) is 16.0 Å². The molecule has 1 aliphatic heterocycles. The summed E-state index contributed by atoms with van der Waals surface area (Å²) in [5.74, 6) is -1.70. The molecule has 0 aromatic carbocycles. The molecule has 0 fully saturated rings. The van der Waals surface area contributed by atoms with Crippen LogP contribution in [0.15, 0.2) is 24.4 Å². The van der Waals surface area contributed by atoms with E-state index >= 15 is 0 Å². The predicted molar refractivity (Wildman–Crippen MR) is 160 cm³/mol. The zero-order chi connectivity index (χ0) is 31.7. The topological polar surface area (TPSA) is 140 Å². The Morgan fingerprint density at radius 1 is 1.07 bits per heavy atom. The molecule has 0 saturated heterocycles. The molecule has 1 rings (SSSR count). The first-order chi connectivity index (χ1) is 19.9. The molecule has 1 aliphatic rings. The molecular formula is C32H49N3O7. The van der Waals surface area contributed by atoms with Crippen molar-refractivity contribution < 1.29 is 33.4 Å². The van der Waals surface area contributed by atoms with Gasteiger partial charge >= 0.3 is 11.9 Å². The van der Waals surface area contributed by atoms with Gasteiger partial charge in [0.05, 0.1) is 12.5 Å². The normalized spacial score (nSPS) is 23.8. The summed E-state index contributed by atoms with van der Waals surface area (Å²) in [6, 6.07) is -1.94. The first-order valence-corrected chi connectivity index (χ1v) is 15.0. The molecule has 5 atom stereocenters. The van der Waals surface area contributed by atoms with Gasteiger partial charge in [-0.25, -0.2) is 4.79 Å². The van der Waals surface area contributed by atoms with E-state index in [1.54, 1.807) is 13.8 Å². The van der Waals surface area contributed by atoms with Gasteiger partial charge in [0.25, 0.3) is 0 Å². The molecule has 10 heteroatoms. The van der Waals surface area contributed by atoms with Gasteiger partial charge in [0.2, 0.25) is 17.7 Å². The molecule has 0 unspecified atom stereocenters. The minimum absolute atomic E-state index is 0.0733. The lowest BCUT2D eigenvalue weighted by molar-refractivity contribution is -0.164. The van der Waals surface area contributed by atoms with Crippen molar-refractivity contribution in [3.63, 3.8) is 0 Å². The van der Waals surface area contributed by atoms with E-state index < -0.39 is 53.8 Å². The highest BCUT2D eigenvalue weighted by Crippen LogP contribution is 2.27. The molecule has 0 spiro atoms. The Bertz CT molecular complexity index is 1010. The summed E-state index contributed by atoms with van der Waals surface area (Å²) in [6.07, 6.45) is 12.7. The van der Waals surface area contributed by atoms with E-state index in [0.29, 0.717) is 19.3 Å². The van der Waals surface area contributed by atoms with Crippen molar-refractivity contribution in [3.8, 4) is 12.3 Å². The van der Waals surface area contributed by atoms with Crippen LogP contribution in [-0.2, 0) is 33.4 Å². The van der Waals surface area contributed by atoms with Crippen LogP contribution in [0, 0.1) is 30.1 Å². The van der Waals surface area contributed by atoms with Crippen LogP contribution in [0.5, 0.6) is 0 Å². The number of hydrogen-bond donors (Lipinski definition) is 3. The largest absolute Gasteiger partial charge is 0.466 e. The number of amides is 3. The maximum atomic E-state index is 13.6. The summed E-state index contributed by atoms with van der Waals surface area (Å²) in [5.41, 5.74) is 0.138. The number of carbonyl (C=O) groups is 5. The summed E-state index contributed by atoms with van der Waals surface area (Å²) in [7, 11) is 0. The van der Waals surface area contributed by atoms with Crippen LogP contribution in [0.1, 0.15) is 92.4 Å². The highest BCUT2D eigenvalue weighted by molar-refractivity contribution is 5.94. The fourth-order valence-corrected chi connectivity index (χ4v) is 4.58. The van der Waals surface area contributed by atoms with Gasteiger partial charge in [0, 0.05) is 24.6 Å². The second-order valence-electron chi connectivity index (χ2n) is 11.2. The van der Waals surface area contributed by atoms with Gasteiger partial charge in [0.15, 0.2) is 0 Å². The highest BCUT2D eigenvalue weighted by atomic mass is 16.5. The number of ether oxygens (including phenoxy) is 2. The van der Waals surface area contributed by atoms with Gasteiger partial charge in [-0.05, 0) is 44.1 Å². The maximum absolute atomic E-state index is 13.6. The quantitative estimate of drug-likeness (QED) is 0.170. The van der Waals surface area contributed by atoms with E-state index in [0.717, 1.165) is 31.8 Å². The standard InChI is InChI=1S/C32H49N3O7/c1-8-10-12-14-15-22(5)29-25(19-20-41-27(37)16-13-11-9-2)31(39)33-23(6)17-18-26(36)34-24(7)30(38)35-28(21(3)4)32(40)42-29/h2,17-18,21-22,24-25,28-29H,6,8,10-16,19-20H2,1,3-5,7H3,(H,33,39)(H,34,36)(H,35,38)/b18-17+/t22-,24-,25+,28+,29+/m1/s1. The fraction of sp³-hybridized carbons (Fsp3) is 0.656. The Kier molecular flexibility index (Phi) is 16.9. The van der Waals surface area contributed by atoms with Gasteiger partial charge < -0.3 is 25.4 Å². The average molecular weight is 588 g/mol. The molecular weight excluding hydrogens is 538 g/mol. The highest BCUT2D eigenvalue weighted by Gasteiger charge is 2.38. The fourth-order valence-electron chi connectivity index (χ4n) is 4.58. The zero-order valence-corrected chi connectivity index (χ0v) is 25.8. The van der Waals surface area contributed by atoms with Crippen LogP contribution in [0.2, 0.25) is 0 Å². The molecule has 234 valence electrons. The number of allylic oxidation sites excluding steroid dienone is 1. The Balaban J connectivity index is 3.40. The summed E-state index contributed by atoms with van der Waals surface area (Å²) in [6.45, 7) is 12.8. The molecule has 0 saturated carbocycles. The smallest absolute Gasteiger partial charge is 0.329 e. The summed E-state index contributed by atoms with van der Waals surface area (Å²) in [5, 5.41) is 7.91. The predicted octanol–water partition coefficient (Wildman–Crippen LogP) is 3.70. The summed E-state index contributed by atoms with van der Waals surface area (Å²) < 4.78 is 11.5. The Labute approximate surface area is 250 Å². The number of terminal acetylenes is 1. The third kappa shape index (κ3) is 13.4. The SMILES string of the molecule is C#CCCCC(=O)OCC[C@@H]1C(=O)NC(=C)/C=C/C(=O)N[C@H](C)C(=O)N[C@@H](C(C)C)C(=O)O[C@H]1[C@H](C)CCCCCC. The van der Waals surface area contributed by atoms with Gasteiger partial charge in [-0.3, -0.25) is 19.2 Å². The van der Waals surface area contributed by atoms with Crippen LogP contribution in [0.4, 0.5) is 0 Å². The maximum Gasteiger partial charge on any atom is 0.329 e. The Morgan fingerprint density at radius 2 is 1.79 bits per heavy atom. The van der Waals surface area contributed by atoms with Crippen molar-refractivity contribution in [2.75, 3.05) is 6.61 Å². The number of unbranched alkanes of at least 4 members (excludes halogenated alkanes) is 4. The molecule has 3 N–H and O–H groups in total. The van der Waals surface area contributed by atoms with Gasteiger partial charge in [0.1, 0.15) is 18.2 Å². The molecule has 0 aromatic heterocycles. The summed E-state index contributed by atoms with van der Waals surface area (Å²) in [4.78, 5) is 64.6. The second kappa shape index (κ2) is 19.5. The van der Waals surface area contributed by atoms with Crippen LogP contribution >= 0.6 is 0 Å². The van der Waals surface area contributed by atoms with Crippen molar-refractivity contribution >= 4 is 29.7 Å². The molecule has 3 amide bonds. The monoisotopic (exact) mass is 587 g/mol. The van der Waals surface area contributed by atoms with Crippen molar-refractivity contribution in [2.45, 2.75) is 111 Å². The minimum atomic E-state index is -1.01. The molecule has 10 nitrogen and oxygen atoms in total. The second-order valence-corrected chi connectivity index (χ2v) is 11.2. The molecule has 0 radical (unpaired) electrons. The summed E-state index contributed by atoms with van der Waals surface area (Å²) >= 11 is 0. The van der Waals surface area contributed by atoms with Gasteiger partial charge in [-0.2, -0.15) is 0 Å². The molecule has 42 heavy (non-hydrogen) atoms. The number of esters is 2. The molecule has 0 aromatic rings. The van der Waals surface area contributed by atoms with E-state index in [2.05, 4.69) is 35.4 Å². The average Bonchev–Trinajstić information content (AvgIpc) is 2.93. The van der Waals surface area contributed by atoms with E-state index in [9.17, 15) is 24.0 Å². The van der Waals surface area contributed by atoms with Crippen molar-refractivity contribution in [2.24, 2.45) is 17.8 Å².